The summed E-state index contributed by atoms with van der Waals surface area (Å²) in [5.74, 6) is 2.56. The fourth-order valence-corrected chi connectivity index (χ4v) is 1.71. The van der Waals surface area contributed by atoms with E-state index >= 15 is 0 Å². The summed E-state index contributed by atoms with van der Waals surface area (Å²) in [6.45, 7) is 6.14. The van der Waals surface area contributed by atoms with E-state index in [0.717, 1.165) is 36.1 Å². The molecular formula is C15H20N2O2. The highest BCUT2D eigenvalue weighted by Gasteiger charge is 2.04. The summed E-state index contributed by atoms with van der Waals surface area (Å²) in [5.41, 5.74) is 0.962. The zero-order valence-electron chi connectivity index (χ0n) is 11.5. The fourth-order valence-electron chi connectivity index (χ4n) is 1.71. The monoisotopic (exact) mass is 260 g/mol. The summed E-state index contributed by atoms with van der Waals surface area (Å²) in [4.78, 5) is 4.32. The lowest BCUT2D eigenvalue weighted by atomic mass is 10.3. The van der Waals surface area contributed by atoms with Gasteiger partial charge in [-0.15, -0.1) is 0 Å². The minimum atomic E-state index is 0.667. The average molecular weight is 260 g/mol. The Hall–Kier alpha value is -1.81. The molecule has 0 saturated carbocycles. The summed E-state index contributed by atoms with van der Waals surface area (Å²) in [7, 11) is 0. The van der Waals surface area contributed by atoms with Gasteiger partial charge in [0.1, 0.15) is 11.5 Å². The number of nitrogens with zero attached hydrogens (tertiary/aromatic N) is 1. The maximum Gasteiger partial charge on any atom is 0.208 e. The number of benzene rings is 1. The van der Waals surface area contributed by atoms with Gasteiger partial charge in [-0.05, 0) is 38.9 Å². The first-order valence-corrected chi connectivity index (χ1v) is 6.57. The topological polar surface area (TPSA) is 47.3 Å². The molecule has 0 aliphatic rings. The van der Waals surface area contributed by atoms with Gasteiger partial charge >= 0.3 is 0 Å². The first-order chi connectivity index (χ1) is 9.25. The molecule has 0 amide bonds. The first kappa shape index (κ1) is 13.6. The number of hydrogen-bond donors (Lipinski definition) is 1. The summed E-state index contributed by atoms with van der Waals surface area (Å²) < 4.78 is 11.1. The number of oxazole rings is 1. The Kier molecular flexibility index (Phi) is 4.98. The number of nitrogens with one attached hydrogen (secondary N) is 1. The van der Waals surface area contributed by atoms with E-state index in [9.17, 15) is 0 Å². The molecule has 1 N–H and O–H groups in total. The molecule has 0 atom stereocenters. The number of para-hydroxylation sites is 1. The van der Waals surface area contributed by atoms with E-state index in [1.54, 1.807) is 0 Å². The van der Waals surface area contributed by atoms with Gasteiger partial charge in [-0.3, -0.25) is 0 Å². The van der Waals surface area contributed by atoms with Gasteiger partial charge in [-0.25, -0.2) is 4.98 Å². The molecule has 0 unspecified atom stereocenters. The van der Waals surface area contributed by atoms with Gasteiger partial charge in [0.2, 0.25) is 5.89 Å². The highest BCUT2D eigenvalue weighted by atomic mass is 16.5. The van der Waals surface area contributed by atoms with Crippen LogP contribution in [0.2, 0.25) is 0 Å². The number of hydrogen-bond acceptors (Lipinski definition) is 4. The second-order valence-electron chi connectivity index (χ2n) is 4.44. The summed E-state index contributed by atoms with van der Waals surface area (Å²) in [5, 5.41) is 3.29. The molecule has 1 heterocycles. The lowest BCUT2D eigenvalue weighted by Crippen LogP contribution is -2.17. The Morgan fingerprint density at radius 1 is 1.21 bits per heavy atom. The van der Waals surface area contributed by atoms with Gasteiger partial charge in [0.15, 0.2) is 0 Å². The standard InChI is InChI=1S/C15H20N2O2/c1-12-13(2)19-15(17-12)11-16-9-6-10-18-14-7-4-3-5-8-14/h3-5,7-8,16H,6,9-11H2,1-2H3. The van der Waals surface area contributed by atoms with Gasteiger partial charge in [0.25, 0.3) is 0 Å². The molecular weight excluding hydrogens is 240 g/mol. The lowest BCUT2D eigenvalue weighted by molar-refractivity contribution is 0.306. The highest BCUT2D eigenvalue weighted by Crippen LogP contribution is 2.09. The molecule has 4 heteroatoms. The van der Waals surface area contributed by atoms with Crippen molar-refractivity contribution < 1.29 is 9.15 Å². The molecule has 1 aromatic carbocycles. The molecule has 102 valence electrons. The van der Waals surface area contributed by atoms with E-state index in [0.29, 0.717) is 13.2 Å². The second-order valence-corrected chi connectivity index (χ2v) is 4.44. The number of aromatic nitrogens is 1. The first-order valence-electron chi connectivity index (χ1n) is 6.57. The van der Waals surface area contributed by atoms with Crippen LogP contribution >= 0.6 is 0 Å². The zero-order valence-corrected chi connectivity index (χ0v) is 11.5. The van der Waals surface area contributed by atoms with Crippen molar-refractivity contribution in [1.82, 2.24) is 10.3 Å². The van der Waals surface area contributed by atoms with Gasteiger partial charge in [-0.1, -0.05) is 18.2 Å². The van der Waals surface area contributed by atoms with Crippen LogP contribution in [0.1, 0.15) is 23.8 Å². The fraction of sp³-hybridized carbons (Fsp3) is 0.400. The molecule has 0 radical (unpaired) electrons. The molecule has 2 rings (SSSR count). The van der Waals surface area contributed by atoms with E-state index < -0.39 is 0 Å². The molecule has 0 spiro atoms. The van der Waals surface area contributed by atoms with Crippen molar-refractivity contribution in [2.75, 3.05) is 13.2 Å². The van der Waals surface area contributed by atoms with Crippen LogP contribution in [0.5, 0.6) is 5.75 Å². The van der Waals surface area contributed by atoms with Crippen molar-refractivity contribution >= 4 is 0 Å². The molecule has 19 heavy (non-hydrogen) atoms. The van der Waals surface area contributed by atoms with Crippen LogP contribution in [-0.2, 0) is 6.54 Å². The van der Waals surface area contributed by atoms with E-state index in [1.165, 1.54) is 0 Å². The van der Waals surface area contributed by atoms with Gasteiger partial charge in [0.05, 0.1) is 18.8 Å². The van der Waals surface area contributed by atoms with Crippen molar-refractivity contribution in [1.29, 1.82) is 0 Å². The van der Waals surface area contributed by atoms with Gasteiger partial charge < -0.3 is 14.5 Å². The maximum absolute atomic E-state index is 5.60. The van der Waals surface area contributed by atoms with Crippen molar-refractivity contribution in [3.63, 3.8) is 0 Å². The molecule has 2 aromatic rings. The predicted octanol–water partition coefficient (Wildman–Crippen LogP) is 2.85. The smallest absolute Gasteiger partial charge is 0.208 e. The quantitative estimate of drug-likeness (QED) is 0.778. The van der Waals surface area contributed by atoms with Crippen molar-refractivity contribution in [2.45, 2.75) is 26.8 Å². The van der Waals surface area contributed by atoms with Crippen LogP contribution in [0.3, 0.4) is 0 Å². The molecule has 4 nitrogen and oxygen atoms in total. The normalized spacial score (nSPS) is 10.6. The number of ether oxygens (including phenoxy) is 1. The predicted molar refractivity (Wildman–Crippen MR) is 74.2 cm³/mol. The van der Waals surface area contributed by atoms with Gasteiger partial charge in [0, 0.05) is 0 Å². The molecule has 0 saturated heterocycles. The Morgan fingerprint density at radius 3 is 2.68 bits per heavy atom. The van der Waals surface area contributed by atoms with E-state index in [-0.39, 0.29) is 0 Å². The van der Waals surface area contributed by atoms with Crippen LogP contribution < -0.4 is 10.1 Å². The Labute approximate surface area is 113 Å². The van der Waals surface area contributed by atoms with Crippen LogP contribution in [0, 0.1) is 13.8 Å². The van der Waals surface area contributed by atoms with Crippen molar-refractivity contribution in [3.05, 3.63) is 47.7 Å². The Bertz CT molecular complexity index is 475. The minimum Gasteiger partial charge on any atom is -0.494 e. The highest BCUT2D eigenvalue weighted by molar-refractivity contribution is 5.20. The Morgan fingerprint density at radius 2 is 2.00 bits per heavy atom. The Balaban J connectivity index is 1.57. The van der Waals surface area contributed by atoms with E-state index in [2.05, 4.69) is 10.3 Å². The van der Waals surface area contributed by atoms with E-state index in [1.807, 2.05) is 44.2 Å². The lowest BCUT2D eigenvalue weighted by Gasteiger charge is -2.06. The summed E-state index contributed by atoms with van der Waals surface area (Å²) in [6, 6.07) is 9.86. The largest absolute Gasteiger partial charge is 0.494 e. The molecule has 0 aliphatic carbocycles. The summed E-state index contributed by atoms with van der Waals surface area (Å²) >= 11 is 0. The third-order valence-electron chi connectivity index (χ3n) is 2.86. The van der Waals surface area contributed by atoms with Crippen LogP contribution in [0.25, 0.3) is 0 Å². The molecule has 0 fully saturated rings. The molecule has 0 bridgehead atoms. The van der Waals surface area contributed by atoms with Crippen LogP contribution in [0.4, 0.5) is 0 Å². The zero-order chi connectivity index (χ0) is 13.5. The van der Waals surface area contributed by atoms with Crippen molar-refractivity contribution in [2.24, 2.45) is 0 Å². The number of aryl methyl sites for hydroxylation is 2. The second kappa shape index (κ2) is 6.95. The molecule has 1 aromatic heterocycles. The maximum atomic E-state index is 5.60. The van der Waals surface area contributed by atoms with Crippen LogP contribution in [-0.4, -0.2) is 18.1 Å². The molecule has 0 aliphatic heterocycles. The third-order valence-corrected chi connectivity index (χ3v) is 2.86. The van der Waals surface area contributed by atoms with Crippen molar-refractivity contribution in [3.8, 4) is 5.75 Å². The minimum absolute atomic E-state index is 0.667. The SMILES string of the molecule is Cc1nc(CNCCCOc2ccccc2)oc1C. The van der Waals surface area contributed by atoms with Gasteiger partial charge in [-0.2, -0.15) is 0 Å². The summed E-state index contributed by atoms with van der Waals surface area (Å²) in [6.07, 6.45) is 0.952. The third kappa shape index (κ3) is 4.41. The van der Waals surface area contributed by atoms with Crippen LogP contribution in [0.15, 0.2) is 34.7 Å². The van der Waals surface area contributed by atoms with E-state index in [4.69, 9.17) is 9.15 Å². The average Bonchev–Trinajstić information content (AvgIpc) is 2.74. The number of rotatable bonds is 7.